The van der Waals surface area contributed by atoms with Gasteiger partial charge in [0, 0.05) is 17.8 Å². The van der Waals surface area contributed by atoms with Gasteiger partial charge in [0.1, 0.15) is 5.76 Å². The van der Waals surface area contributed by atoms with Crippen LogP contribution in [0.2, 0.25) is 0 Å². The maximum absolute atomic E-state index is 12.2. The van der Waals surface area contributed by atoms with Crippen LogP contribution in [0.5, 0.6) is 0 Å². The fourth-order valence-corrected chi connectivity index (χ4v) is 3.16. The van der Waals surface area contributed by atoms with E-state index >= 15 is 0 Å². The van der Waals surface area contributed by atoms with Crippen LogP contribution in [0.3, 0.4) is 0 Å². The molecule has 0 saturated carbocycles. The van der Waals surface area contributed by atoms with Gasteiger partial charge in [-0.1, -0.05) is 5.16 Å². The van der Waals surface area contributed by atoms with Crippen molar-refractivity contribution in [1.29, 1.82) is 0 Å². The molecule has 3 heterocycles. The van der Waals surface area contributed by atoms with E-state index in [9.17, 15) is 4.79 Å². The highest BCUT2D eigenvalue weighted by Crippen LogP contribution is 2.19. The van der Waals surface area contributed by atoms with E-state index in [1.807, 2.05) is 11.6 Å². The lowest BCUT2D eigenvalue weighted by molar-refractivity contribution is -0.117. The number of carbonyl (C=O) groups excluding carboxylic acids is 1. The molecule has 1 N–H and O–H groups in total. The summed E-state index contributed by atoms with van der Waals surface area (Å²) < 4.78 is 7.00. The molecule has 1 unspecified atom stereocenters. The second-order valence-electron chi connectivity index (χ2n) is 6.25. The zero-order valence-electron chi connectivity index (χ0n) is 13.9. The molecule has 23 heavy (non-hydrogen) atoms. The van der Waals surface area contributed by atoms with Gasteiger partial charge in [0.05, 0.1) is 18.8 Å². The second-order valence-corrected chi connectivity index (χ2v) is 6.25. The molecule has 1 fully saturated rings. The molecule has 0 aromatic carbocycles. The van der Waals surface area contributed by atoms with Gasteiger partial charge < -0.3 is 9.84 Å². The summed E-state index contributed by atoms with van der Waals surface area (Å²) in [4.78, 5) is 14.4. The molecule has 0 radical (unpaired) electrons. The molecule has 1 amide bonds. The Balaban J connectivity index is 1.58. The van der Waals surface area contributed by atoms with Gasteiger partial charge in [-0.15, -0.1) is 0 Å². The monoisotopic (exact) mass is 317 g/mol. The topological polar surface area (TPSA) is 76.2 Å². The first-order valence-electron chi connectivity index (χ1n) is 7.99. The Bertz CT molecular complexity index is 690. The number of aromatic nitrogens is 3. The minimum Gasteiger partial charge on any atom is -0.360 e. The van der Waals surface area contributed by atoms with Crippen LogP contribution < -0.4 is 5.32 Å². The van der Waals surface area contributed by atoms with Gasteiger partial charge in [-0.2, -0.15) is 5.10 Å². The van der Waals surface area contributed by atoms with Crippen LogP contribution in [0.15, 0.2) is 16.7 Å². The van der Waals surface area contributed by atoms with Gasteiger partial charge in [0.25, 0.3) is 0 Å². The largest absolute Gasteiger partial charge is 0.360 e. The van der Waals surface area contributed by atoms with Gasteiger partial charge in [-0.25, -0.2) is 0 Å². The molecule has 0 bridgehead atoms. The molecule has 1 atom stereocenters. The van der Waals surface area contributed by atoms with Crippen LogP contribution in [0.25, 0.3) is 0 Å². The Morgan fingerprint density at radius 1 is 1.39 bits per heavy atom. The number of hydrogen-bond acceptors (Lipinski definition) is 5. The van der Waals surface area contributed by atoms with Crippen LogP contribution in [-0.2, 0) is 11.3 Å². The highest BCUT2D eigenvalue weighted by atomic mass is 16.5. The van der Waals surface area contributed by atoms with E-state index in [0.717, 1.165) is 37.3 Å². The van der Waals surface area contributed by atoms with E-state index in [1.54, 1.807) is 13.0 Å². The van der Waals surface area contributed by atoms with Crippen molar-refractivity contribution >= 4 is 11.7 Å². The first kappa shape index (κ1) is 15.7. The lowest BCUT2D eigenvalue weighted by Gasteiger charge is -2.24. The number of hydrogen-bond donors (Lipinski definition) is 1. The van der Waals surface area contributed by atoms with Gasteiger partial charge in [0.15, 0.2) is 5.82 Å². The average molecular weight is 317 g/mol. The molecule has 1 saturated heterocycles. The van der Waals surface area contributed by atoms with Crippen LogP contribution in [0.4, 0.5) is 5.82 Å². The van der Waals surface area contributed by atoms with Crippen molar-refractivity contribution in [2.24, 2.45) is 0 Å². The number of amides is 1. The number of anilines is 1. The summed E-state index contributed by atoms with van der Waals surface area (Å²) >= 11 is 0. The first-order chi connectivity index (χ1) is 11.0. The molecule has 7 nitrogen and oxygen atoms in total. The van der Waals surface area contributed by atoms with Crippen molar-refractivity contribution in [3.8, 4) is 0 Å². The summed E-state index contributed by atoms with van der Waals surface area (Å²) in [5.41, 5.74) is 2.20. The van der Waals surface area contributed by atoms with E-state index in [0.29, 0.717) is 24.2 Å². The summed E-state index contributed by atoms with van der Waals surface area (Å²) in [5.74, 6) is 1.10. The Hall–Kier alpha value is -2.15. The highest BCUT2D eigenvalue weighted by molar-refractivity contribution is 5.91. The first-order valence-corrected chi connectivity index (χ1v) is 7.99. The van der Waals surface area contributed by atoms with Gasteiger partial charge in [-0.05, 0) is 46.2 Å². The predicted molar refractivity (Wildman–Crippen MR) is 86.2 cm³/mol. The lowest BCUT2D eigenvalue weighted by Crippen LogP contribution is -2.39. The summed E-state index contributed by atoms with van der Waals surface area (Å²) in [6.07, 6.45) is 2.20. The number of aryl methyl sites for hydroxylation is 3. The van der Waals surface area contributed by atoms with Crippen LogP contribution in [0, 0.1) is 20.8 Å². The van der Waals surface area contributed by atoms with Crippen molar-refractivity contribution in [3.05, 3.63) is 29.3 Å². The second kappa shape index (κ2) is 6.54. The lowest BCUT2D eigenvalue weighted by atomic mass is 10.2. The summed E-state index contributed by atoms with van der Waals surface area (Å²) in [6, 6.07) is 4.14. The summed E-state index contributed by atoms with van der Waals surface area (Å²) in [6.45, 7) is 8.01. The number of rotatable bonds is 5. The average Bonchev–Trinajstić information content (AvgIpc) is 3.15. The van der Waals surface area contributed by atoms with Crippen molar-refractivity contribution < 1.29 is 9.32 Å². The quantitative estimate of drug-likeness (QED) is 0.911. The van der Waals surface area contributed by atoms with Gasteiger partial charge in [-0.3, -0.25) is 14.4 Å². The molecule has 2 aromatic rings. The molecule has 1 aliphatic rings. The highest BCUT2D eigenvalue weighted by Gasteiger charge is 2.27. The SMILES string of the molecule is Cc1cc(C)n(CC2CCCN2CC(=O)Nc2cc(C)on2)n1. The van der Waals surface area contributed by atoms with Crippen molar-refractivity contribution in [2.45, 2.75) is 46.2 Å². The Morgan fingerprint density at radius 2 is 2.22 bits per heavy atom. The maximum Gasteiger partial charge on any atom is 0.239 e. The Morgan fingerprint density at radius 3 is 2.87 bits per heavy atom. The van der Waals surface area contributed by atoms with Gasteiger partial charge >= 0.3 is 0 Å². The fraction of sp³-hybridized carbons (Fsp3) is 0.562. The normalized spacial score (nSPS) is 18.5. The maximum atomic E-state index is 12.2. The third-order valence-electron chi connectivity index (χ3n) is 4.23. The number of likely N-dealkylation sites (tertiary alicyclic amines) is 1. The van der Waals surface area contributed by atoms with E-state index < -0.39 is 0 Å². The minimum absolute atomic E-state index is 0.0569. The summed E-state index contributed by atoms with van der Waals surface area (Å²) in [5, 5.41) is 11.1. The fourth-order valence-electron chi connectivity index (χ4n) is 3.16. The zero-order valence-corrected chi connectivity index (χ0v) is 13.9. The van der Waals surface area contributed by atoms with Crippen LogP contribution in [-0.4, -0.2) is 44.9 Å². The smallest absolute Gasteiger partial charge is 0.239 e. The van der Waals surface area contributed by atoms with Crippen molar-refractivity contribution in [1.82, 2.24) is 19.8 Å². The molecule has 1 aliphatic heterocycles. The minimum atomic E-state index is -0.0569. The third-order valence-corrected chi connectivity index (χ3v) is 4.23. The molecule has 2 aromatic heterocycles. The standard InChI is InChI=1S/C16H23N5O2/c1-11-7-12(2)21(18-11)9-14-5-4-6-20(14)10-16(22)17-15-8-13(3)23-19-15/h7-8,14H,4-6,9-10H2,1-3H3,(H,17,19,22). The molecule has 7 heteroatoms. The molecule has 124 valence electrons. The van der Waals surface area contributed by atoms with E-state index in [2.05, 4.69) is 33.5 Å². The molecule has 0 spiro atoms. The zero-order chi connectivity index (χ0) is 16.4. The van der Waals surface area contributed by atoms with Gasteiger partial charge in [0.2, 0.25) is 5.91 Å². The number of nitrogens with zero attached hydrogens (tertiary/aromatic N) is 4. The summed E-state index contributed by atoms with van der Waals surface area (Å²) in [7, 11) is 0. The third kappa shape index (κ3) is 3.79. The van der Waals surface area contributed by atoms with E-state index in [1.165, 1.54) is 0 Å². The Labute approximate surface area is 135 Å². The Kier molecular flexibility index (Phi) is 4.47. The number of carbonyl (C=O) groups is 1. The predicted octanol–water partition coefficient (Wildman–Crippen LogP) is 1.90. The molecular weight excluding hydrogens is 294 g/mol. The molecular formula is C16H23N5O2. The van der Waals surface area contributed by atoms with Crippen molar-refractivity contribution in [3.63, 3.8) is 0 Å². The van der Waals surface area contributed by atoms with Crippen molar-refractivity contribution in [2.75, 3.05) is 18.4 Å². The molecule has 0 aliphatic carbocycles. The van der Waals surface area contributed by atoms with E-state index in [4.69, 9.17) is 4.52 Å². The van der Waals surface area contributed by atoms with Crippen LogP contribution >= 0.6 is 0 Å². The van der Waals surface area contributed by atoms with Crippen LogP contribution in [0.1, 0.15) is 30.0 Å². The van der Waals surface area contributed by atoms with E-state index in [-0.39, 0.29) is 5.91 Å². The molecule has 3 rings (SSSR count). The number of nitrogens with one attached hydrogen (secondary N) is 1.